The largest absolute Gasteiger partial charge is 0.493 e. The van der Waals surface area contributed by atoms with Crippen LogP contribution in [0.1, 0.15) is 19.8 Å². The molecule has 1 aliphatic heterocycles. The SMILES string of the molecule is CCN(c1nc(Cl)nc2cc(OC)c(OC)cc12)C1CCNCC1. The Hall–Kier alpha value is -1.79. The molecule has 7 heteroatoms. The van der Waals surface area contributed by atoms with Crippen molar-refractivity contribution in [2.75, 3.05) is 38.8 Å². The Bertz CT molecular complexity index is 719. The van der Waals surface area contributed by atoms with Crippen LogP contribution in [-0.2, 0) is 0 Å². The molecular formula is C17H23ClN4O2. The first-order valence-corrected chi connectivity index (χ1v) is 8.62. The van der Waals surface area contributed by atoms with Crippen molar-refractivity contribution in [1.29, 1.82) is 0 Å². The Labute approximate surface area is 147 Å². The maximum absolute atomic E-state index is 6.20. The normalized spacial score (nSPS) is 15.5. The molecule has 130 valence electrons. The lowest BCUT2D eigenvalue weighted by Crippen LogP contribution is -2.43. The van der Waals surface area contributed by atoms with E-state index in [1.807, 2.05) is 12.1 Å². The highest BCUT2D eigenvalue weighted by Gasteiger charge is 2.24. The number of methoxy groups -OCH3 is 2. The van der Waals surface area contributed by atoms with Crippen molar-refractivity contribution >= 4 is 28.3 Å². The van der Waals surface area contributed by atoms with Gasteiger partial charge < -0.3 is 19.7 Å². The average molecular weight is 351 g/mol. The number of halogens is 1. The van der Waals surface area contributed by atoms with Crippen LogP contribution in [0.4, 0.5) is 5.82 Å². The molecule has 0 spiro atoms. The van der Waals surface area contributed by atoms with Gasteiger partial charge in [0, 0.05) is 24.0 Å². The number of piperidine rings is 1. The van der Waals surface area contributed by atoms with Crippen molar-refractivity contribution in [1.82, 2.24) is 15.3 Å². The number of aromatic nitrogens is 2. The zero-order valence-corrected chi connectivity index (χ0v) is 15.1. The van der Waals surface area contributed by atoms with E-state index in [4.69, 9.17) is 21.1 Å². The van der Waals surface area contributed by atoms with Crippen LogP contribution in [0, 0.1) is 0 Å². The van der Waals surface area contributed by atoms with Gasteiger partial charge in [0.2, 0.25) is 5.28 Å². The molecule has 1 aromatic heterocycles. The number of ether oxygens (including phenoxy) is 2. The summed E-state index contributed by atoms with van der Waals surface area (Å²) in [7, 11) is 3.24. The van der Waals surface area contributed by atoms with Crippen LogP contribution in [0.5, 0.6) is 11.5 Å². The first-order chi connectivity index (χ1) is 11.7. The molecule has 6 nitrogen and oxygen atoms in total. The van der Waals surface area contributed by atoms with E-state index in [0.29, 0.717) is 17.5 Å². The molecule has 1 fully saturated rings. The first kappa shape index (κ1) is 17.0. The van der Waals surface area contributed by atoms with E-state index >= 15 is 0 Å². The van der Waals surface area contributed by atoms with Gasteiger partial charge in [-0.15, -0.1) is 0 Å². The number of hydrogen-bond acceptors (Lipinski definition) is 6. The summed E-state index contributed by atoms with van der Waals surface area (Å²) < 4.78 is 10.8. The molecule has 2 aromatic rings. The summed E-state index contributed by atoms with van der Waals surface area (Å²) in [6, 6.07) is 4.23. The zero-order chi connectivity index (χ0) is 17.1. The summed E-state index contributed by atoms with van der Waals surface area (Å²) >= 11 is 6.20. The van der Waals surface area contributed by atoms with Crippen LogP contribution < -0.4 is 19.7 Å². The highest BCUT2D eigenvalue weighted by atomic mass is 35.5. The Morgan fingerprint density at radius 1 is 1.17 bits per heavy atom. The van der Waals surface area contributed by atoms with E-state index in [9.17, 15) is 0 Å². The summed E-state index contributed by atoms with van der Waals surface area (Å²) in [5.41, 5.74) is 0.759. The molecule has 1 saturated heterocycles. The molecule has 1 N–H and O–H groups in total. The van der Waals surface area contributed by atoms with Crippen molar-refractivity contribution in [3.63, 3.8) is 0 Å². The molecule has 0 atom stereocenters. The Morgan fingerprint density at radius 3 is 2.46 bits per heavy atom. The van der Waals surface area contributed by atoms with Crippen LogP contribution in [-0.4, -0.2) is 49.9 Å². The van der Waals surface area contributed by atoms with Crippen LogP contribution in [0.15, 0.2) is 12.1 Å². The topological polar surface area (TPSA) is 59.5 Å². The minimum Gasteiger partial charge on any atom is -0.493 e. The van der Waals surface area contributed by atoms with Crippen molar-refractivity contribution < 1.29 is 9.47 Å². The molecule has 0 aliphatic carbocycles. The van der Waals surface area contributed by atoms with Gasteiger partial charge in [-0.3, -0.25) is 0 Å². The maximum atomic E-state index is 6.20. The third kappa shape index (κ3) is 3.21. The van der Waals surface area contributed by atoms with E-state index in [2.05, 4.69) is 27.1 Å². The van der Waals surface area contributed by atoms with Gasteiger partial charge in [0.25, 0.3) is 0 Å². The van der Waals surface area contributed by atoms with Gasteiger partial charge in [0.05, 0.1) is 19.7 Å². The van der Waals surface area contributed by atoms with E-state index in [-0.39, 0.29) is 5.28 Å². The van der Waals surface area contributed by atoms with Crippen molar-refractivity contribution in [2.45, 2.75) is 25.8 Å². The van der Waals surface area contributed by atoms with E-state index in [1.54, 1.807) is 14.2 Å². The van der Waals surface area contributed by atoms with E-state index in [0.717, 1.165) is 49.2 Å². The third-order valence-electron chi connectivity index (χ3n) is 4.52. The minimum absolute atomic E-state index is 0.247. The Kier molecular flexibility index (Phi) is 5.26. The molecule has 0 bridgehead atoms. The Morgan fingerprint density at radius 2 is 1.83 bits per heavy atom. The van der Waals surface area contributed by atoms with Gasteiger partial charge in [-0.25, -0.2) is 4.98 Å². The summed E-state index contributed by atoms with van der Waals surface area (Å²) in [4.78, 5) is 11.2. The highest BCUT2D eigenvalue weighted by Crippen LogP contribution is 2.36. The fraction of sp³-hybridized carbons (Fsp3) is 0.529. The lowest BCUT2D eigenvalue weighted by atomic mass is 10.0. The van der Waals surface area contributed by atoms with E-state index in [1.165, 1.54) is 0 Å². The molecule has 1 aromatic carbocycles. The summed E-state index contributed by atoms with van der Waals surface area (Å²) in [5.74, 6) is 2.16. The second-order valence-corrected chi connectivity index (χ2v) is 6.15. The van der Waals surface area contributed by atoms with Crippen LogP contribution in [0.3, 0.4) is 0 Å². The second-order valence-electron chi connectivity index (χ2n) is 5.81. The lowest BCUT2D eigenvalue weighted by Gasteiger charge is -2.35. The second kappa shape index (κ2) is 7.40. The van der Waals surface area contributed by atoms with Crippen LogP contribution >= 0.6 is 11.6 Å². The van der Waals surface area contributed by atoms with E-state index < -0.39 is 0 Å². The predicted molar refractivity (Wildman–Crippen MR) is 96.6 cm³/mol. The molecular weight excluding hydrogens is 328 g/mol. The first-order valence-electron chi connectivity index (χ1n) is 8.24. The minimum atomic E-state index is 0.247. The standard InChI is InChI=1S/C17H23ClN4O2/c1-4-22(11-5-7-19-8-6-11)16-12-9-14(23-2)15(24-3)10-13(12)20-17(18)21-16/h9-11,19H,4-8H2,1-3H3. The molecule has 0 unspecified atom stereocenters. The quantitative estimate of drug-likeness (QED) is 0.837. The number of nitrogens with one attached hydrogen (secondary N) is 1. The van der Waals surface area contributed by atoms with Gasteiger partial charge >= 0.3 is 0 Å². The molecule has 2 heterocycles. The number of nitrogens with zero attached hydrogens (tertiary/aromatic N) is 3. The van der Waals surface area contributed by atoms with Crippen molar-refractivity contribution in [2.24, 2.45) is 0 Å². The van der Waals surface area contributed by atoms with Gasteiger partial charge in [0.1, 0.15) is 5.82 Å². The molecule has 24 heavy (non-hydrogen) atoms. The monoisotopic (exact) mass is 350 g/mol. The molecule has 0 radical (unpaired) electrons. The summed E-state index contributed by atoms with van der Waals surface area (Å²) in [6.45, 7) is 5.05. The fourth-order valence-corrected chi connectivity index (χ4v) is 3.50. The van der Waals surface area contributed by atoms with Gasteiger partial charge in [-0.1, -0.05) is 0 Å². The number of rotatable bonds is 5. The fourth-order valence-electron chi connectivity index (χ4n) is 3.33. The number of anilines is 1. The van der Waals surface area contributed by atoms with Crippen molar-refractivity contribution in [3.05, 3.63) is 17.4 Å². The van der Waals surface area contributed by atoms with Crippen LogP contribution in [0.2, 0.25) is 5.28 Å². The van der Waals surface area contributed by atoms with Gasteiger partial charge in [-0.2, -0.15) is 4.98 Å². The van der Waals surface area contributed by atoms with Crippen molar-refractivity contribution in [3.8, 4) is 11.5 Å². The zero-order valence-electron chi connectivity index (χ0n) is 14.3. The van der Waals surface area contributed by atoms with Gasteiger partial charge in [0.15, 0.2) is 11.5 Å². The Balaban J connectivity index is 2.14. The summed E-state index contributed by atoms with van der Waals surface area (Å²) in [6.07, 6.45) is 2.18. The summed E-state index contributed by atoms with van der Waals surface area (Å²) in [5, 5.41) is 4.58. The smallest absolute Gasteiger partial charge is 0.224 e. The molecule has 1 aliphatic rings. The number of hydrogen-bond donors (Lipinski definition) is 1. The van der Waals surface area contributed by atoms with Crippen LogP contribution in [0.25, 0.3) is 10.9 Å². The van der Waals surface area contributed by atoms with Gasteiger partial charge in [-0.05, 0) is 50.5 Å². The molecule has 3 rings (SSSR count). The predicted octanol–water partition coefficient (Wildman–Crippen LogP) is 2.88. The third-order valence-corrected chi connectivity index (χ3v) is 4.68. The molecule has 0 amide bonds. The highest BCUT2D eigenvalue weighted by molar-refractivity contribution is 6.28. The molecule has 0 saturated carbocycles. The number of benzene rings is 1. The average Bonchev–Trinajstić information content (AvgIpc) is 2.62. The maximum Gasteiger partial charge on any atom is 0.224 e. The number of fused-ring (bicyclic) bond motifs is 1. The lowest BCUT2D eigenvalue weighted by molar-refractivity contribution is 0.355.